The zero-order valence-electron chi connectivity index (χ0n) is 14.9. The highest BCUT2D eigenvalue weighted by Gasteiger charge is 2.28. The fourth-order valence-corrected chi connectivity index (χ4v) is 2.67. The molecule has 0 bridgehead atoms. The van der Waals surface area contributed by atoms with Crippen LogP contribution in [0.4, 0.5) is 5.69 Å². The van der Waals surface area contributed by atoms with E-state index in [0.29, 0.717) is 11.4 Å². The second kappa shape index (κ2) is 8.14. The lowest BCUT2D eigenvalue weighted by atomic mass is 10.1. The average Bonchev–Trinajstić information content (AvgIpc) is 3.12. The van der Waals surface area contributed by atoms with Crippen LogP contribution in [-0.2, 0) is 9.47 Å². The van der Waals surface area contributed by atoms with Gasteiger partial charge >= 0.3 is 11.9 Å². The molecule has 0 radical (unpaired) electrons. The number of hydrogen-bond acceptors (Lipinski definition) is 5. The van der Waals surface area contributed by atoms with Crippen LogP contribution < -0.4 is 0 Å². The lowest BCUT2D eigenvalue weighted by Crippen LogP contribution is -2.10. The Balaban J connectivity index is 2.23. The Morgan fingerprint density at radius 3 is 2.07 bits per heavy atom. The number of aromatic nitrogens is 1. The molecule has 0 saturated carbocycles. The lowest BCUT2D eigenvalue weighted by Gasteiger charge is -2.03. The number of aromatic amines is 1. The summed E-state index contributed by atoms with van der Waals surface area (Å²) in [7, 11) is 2.50. The molecule has 3 rings (SSSR count). The summed E-state index contributed by atoms with van der Waals surface area (Å²) >= 11 is 0. The highest BCUT2D eigenvalue weighted by Crippen LogP contribution is 2.36. The van der Waals surface area contributed by atoms with Gasteiger partial charge in [-0.15, -0.1) is 0 Å². The summed E-state index contributed by atoms with van der Waals surface area (Å²) < 4.78 is 9.68. The summed E-state index contributed by atoms with van der Waals surface area (Å²) in [5.74, 6) is -1.34. The molecule has 0 aliphatic carbocycles. The van der Waals surface area contributed by atoms with E-state index >= 15 is 0 Å². The standard InChI is InChI=1S/C21H18N2O4/c1-26-20(24)16-18(22-13-14-9-5-3-6-10-14)17(15-11-7-4-8-12-15)23-19(16)21(25)27-2/h3-13,23H,1-2H3/b22-13+. The Kier molecular flexibility index (Phi) is 5.47. The molecular formula is C21H18N2O4. The van der Waals surface area contributed by atoms with Crippen molar-refractivity contribution in [2.24, 2.45) is 4.99 Å². The van der Waals surface area contributed by atoms with Crippen molar-refractivity contribution in [1.29, 1.82) is 0 Å². The van der Waals surface area contributed by atoms with Gasteiger partial charge in [-0.2, -0.15) is 0 Å². The molecule has 3 aromatic rings. The number of esters is 2. The van der Waals surface area contributed by atoms with E-state index in [2.05, 4.69) is 9.98 Å². The third-order valence-corrected chi connectivity index (χ3v) is 3.96. The minimum Gasteiger partial charge on any atom is -0.465 e. The molecule has 136 valence electrons. The highest BCUT2D eigenvalue weighted by molar-refractivity contribution is 6.09. The summed E-state index contributed by atoms with van der Waals surface area (Å²) in [5, 5.41) is 0. The number of benzene rings is 2. The normalized spacial score (nSPS) is 10.7. The summed E-state index contributed by atoms with van der Waals surface area (Å²) in [6.45, 7) is 0. The van der Waals surface area contributed by atoms with E-state index in [1.165, 1.54) is 14.2 Å². The zero-order chi connectivity index (χ0) is 19.2. The molecule has 0 aliphatic heterocycles. The molecule has 0 fully saturated rings. The first-order chi connectivity index (χ1) is 13.2. The molecule has 0 unspecified atom stereocenters. The molecule has 0 atom stereocenters. The first kappa shape index (κ1) is 18.1. The van der Waals surface area contributed by atoms with E-state index in [9.17, 15) is 9.59 Å². The van der Waals surface area contributed by atoms with E-state index in [-0.39, 0.29) is 11.3 Å². The minimum atomic E-state index is -0.672. The fraction of sp³-hybridized carbons (Fsp3) is 0.0952. The van der Waals surface area contributed by atoms with Crippen molar-refractivity contribution in [1.82, 2.24) is 4.98 Å². The van der Waals surface area contributed by atoms with E-state index in [1.807, 2.05) is 60.7 Å². The number of carbonyl (C=O) groups is 2. The van der Waals surface area contributed by atoms with Crippen LogP contribution in [0, 0.1) is 0 Å². The number of rotatable bonds is 5. The number of nitrogens with one attached hydrogen (secondary N) is 1. The number of methoxy groups -OCH3 is 2. The molecular weight excluding hydrogens is 344 g/mol. The molecule has 0 saturated heterocycles. The molecule has 2 aromatic carbocycles. The summed E-state index contributed by atoms with van der Waals surface area (Å²) in [5.41, 5.74) is 2.52. The van der Waals surface area contributed by atoms with Crippen molar-refractivity contribution in [2.45, 2.75) is 0 Å². The van der Waals surface area contributed by atoms with Gasteiger partial charge in [0.2, 0.25) is 0 Å². The molecule has 1 aromatic heterocycles. The van der Waals surface area contributed by atoms with Crippen LogP contribution in [0.2, 0.25) is 0 Å². The van der Waals surface area contributed by atoms with Crippen LogP contribution in [0.3, 0.4) is 0 Å². The molecule has 1 heterocycles. The molecule has 1 N–H and O–H groups in total. The average molecular weight is 362 g/mol. The molecule has 0 spiro atoms. The summed E-state index contributed by atoms with van der Waals surface area (Å²) in [6.07, 6.45) is 1.63. The van der Waals surface area contributed by atoms with Gasteiger partial charge in [0.25, 0.3) is 0 Å². The van der Waals surface area contributed by atoms with Crippen LogP contribution in [0.15, 0.2) is 65.7 Å². The second-order valence-corrected chi connectivity index (χ2v) is 5.62. The third kappa shape index (κ3) is 3.79. The highest BCUT2D eigenvalue weighted by atomic mass is 16.5. The van der Waals surface area contributed by atoms with Crippen LogP contribution in [0.5, 0.6) is 0 Å². The molecule has 0 aliphatic rings. The Labute approximate surface area is 156 Å². The second-order valence-electron chi connectivity index (χ2n) is 5.62. The Morgan fingerprint density at radius 1 is 0.889 bits per heavy atom. The predicted octanol–water partition coefficient (Wildman–Crippen LogP) is 4.01. The maximum atomic E-state index is 12.4. The Hall–Kier alpha value is -3.67. The fourth-order valence-electron chi connectivity index (χ4n) is 2.67. The predicted molar refractivity (Wildman–Crippen MR) is 103 cm³/mol. The molecule has 0 amide bonds. The lowest BCUT2D eigenvalue weighted by molar-refractivity contribution is 0.0552. The van der Waals surface area contributed by atoms with Crippen LogP contribution in [0.25, 0.3) is 11.3 Å². The largest absolute Gasteiger partial charge is 0.465 e. The minimum absolute atomic E-state index is 0.00316. The first-order valence-corrected chi connectivity index (χ1v) is 8.22. The van der Waals surface area contributed by atoms with Crippen LogP contribution in [0.1, 0.15) is 26.4 Å². The van der Waals surface area contributed by atoms with Gasteiger partial charge in [0, 0.05) is 11.8 Å². The monoisotopic (exact) mass is 362 g/mol. The van der Waals surface area contributed by atoms with Gasteiger partial charge in [-0.3, -0.25) is 4.99 Å². The quantitative estimate of drug-likeness (QED) is 0.549. The molecule has 6 heteroatoms. The van der Waals surface area contributed by atoms with E-state index in [1.54, 1.807) is 6.21 Å². The van der Waals surface area contributed by atoms with Crippen molar-refractivity contribution in [3.63, 3.8) is 0 Å². The van der Waals surface area contributed by atoms with Gasteiger partial charge in [-0.05, 0) is 5.56 Å². The SMILES string of the molecule is COC(=O)c1[nH]c(-c2ccccc2)c(/N=C/c2ccccc2)c1C(=O)OC. The number of hydrogen-bond donors (Lipinski definition) is 1. The first-order valence-electron chi connectivity index (χ1n) is 8.22. The van der Waals surface area contributed by atoms with Crippen molar-refractivity contribution in [3.05, 3.63) is 77.5 Å². The number of carbonyl (C=O) groups excluding carboxylic acids is 2. The van der Waals surface area contributed by atoms with Gasteiger partial charge in [0.05, 0.1) is 19.9 Å². The summed E-state index contributed by atoms with van der Waals surface area (Å²) in [6, 6.07) is 18.8. The van der Waals surface area contributed by atoms with Gasteiger partial charge in [-0.1, -0.05) is 60.7 Å². The number of H-pyrrole nitrogens is 1. The number of ether oxygens (including phenoxy) is 2. The van der Waals surface area contributed by atoms with Gasteiger partial charge in [-0.25, -0.2) is 9.59 Å². The van der Waals surface area contributed by atoms with Gasteiger partial charge in [0.1, 0.15) is 16.9 Å². The van der Waals surface area contributed by atoms with E-state index in [4.69, 9.17) is 9.47 Å². The molecule has 6 nitrogen and oxygen atoms in total. The van der Waals surface area contributed by atoms with Gasteiger partial charge in [0.15, 0.2) is 0 Å². The topological polar surface area (TPSA) is 80.8 Å². The van der Waals surface area contributed by atoms with E-state index in [0.717, 1.165) is 11.1 Å². The molecule has 27 heavy (non-hydrogen) atoms. The summed E-state index contributed by atoms with van der Waals surface area (Å²) in [4.78, 5) is 32.1. The Morgan fingerprint density at radius 2 is 1.48 bits per heavy atom. The van der Waals surface area contributed by atoms with E-state index < -0.39 is 11.9 Å². The maximum absolute atomic E-state index is 12.4. The number of nitrogens with zero attached hydrogens (tertiary/aromatic N) is 1. The smallest absolute Gasteiger partial charge is 0.355 e. The van der Waals surface area contributed by atoms with Crippen LogP contribution >= 0.6 is 0 Å². The van der Waals surface area contributed by atoms with Crippen molar-refractivity contribution in [2.75, 3.05) is 14.2 Å². The van der Waals surface area contributed by atoms with Crippen molar-refractivity contribution >= 4 is 23.8 Å². The van der Waals surface area contributed by atoms with Gasteiger partial charge < -0.3 is 14.5 Å². The number of aliphatic imine (C=N–C) groups is 1. The third-order valence-electron chi connectivity index (χ3n) is 3.96. The van der Waals surface area contributed by atoms with Crippen LogP contribution in [-0.4, -0.2) is 37.4 Å². The maximum Gasteiger partial charge on any atom is 0.355 e. The van der Waals surface area contributed by atoms with Crippen molar-refractivity contribution in [3.8, 4) is 11.3 Å². The Bertz CT molecular complexity index is 976. The zero-order valence-corrected chi connectivity index (χ0v) is 14.9. The van der Waals surface area contributed by atoms with Crippen molar-refractivity contribution < 1.29 is 19.1 Å².